The number of rotatable bonds is 9. The van der Waals surface area contributed by atoms with Gasteiger partial charge in [0.05, 0.1) is 13.7 Å². The topological polar surface area (TPSA) is 73.9 Å². The van der Waals surface area contributed by atoms with E-state index in [0.29, 0.717) is 18.7 Å². The van der Waals surface area contributed by atoms with E-state index in [0.717, 1.165) is 57.1 Å². The fourth-order valence-electron chi connectivity index (χ4n) is 3.03. The van der Waals surface area contributed by atoms with Gasteiger partial charge < -0.3 is 20.3 Å². The quantitative estimate of drug-likeness (QED) is 0.357. The fraction of sp³-hybridized carbons (Fsp3) is 0.550. The molecule has 1 aliphatic heterocycles. The molecule has 9 heteroatoms. The van der Waals surface area contributed by atoms with Crippen LogP contribution < -0.4 is 10.6 Å². The van der Waals surface area contributed by atoms with Gasteiger partial charge in [0, 0.05) is 44.8 Å². The van der Waals surface area contributed by atoms with Crippen LogP contribution in [0.1, 0.15) is 25.7 Å². The SMILES string of the molecule is COC(=O)CCCCCNC(=S)N1CCN(CC(=O)Nc2ccc(F)cc2)CC1. The third-order valence-electron chi connectivity index (χ3n) is 4.72. The minimum atomic E-state index is -0.329. The van der Waals surface area contributed by atoms with Crippen LogP contribution in [0.5, 0.6) is 0 Å². The van der Waals surface area contributed by atoms with Crippen molar-refractivity contribution in [2.45, 2.75) is 25.7 Å². The van der Waals surface area contributed by atoms with Gasteiger partial charge in [-0.25, -0.2) is 4.39 Å². The van der Waals surface area contributed by atoms with Gasteiger partial charge in [-0.15, -0.1) is 0 Å². The number of anilines is 1. The molecule has 160 valence electrons. The van der Waals surface area contributed by atoms with Crippen LogP contribution in [0.4, 0.5) is 10.1 Å². The molecule has 0 unspecified atom stereocenters. The summed E-state index contributed by atoms with van der Waals surface area (Å²) in [5, 5.41) is 6.77. The highest BCUT2D eigenvalue weighted by atomic mass is 32.1. The predicted octanol–water partition coefficient (Wildman–Crippen LogP) is 1.99. The number of hydrogen-bond acceptors (Lipinski definition) is 5. The van der Waals surface area contributed by atoms with Crippen LogP contribution in [0.15, 0.2) is 24.3 Å². The molecule has 29 heavy (non-hydrogen) atoms. The van der Waals surface area contributed by atoms with E-state index in [4.69, 9.17) is 12.2 Å². The number of halogens is 1. The Kier molecular flexibility index (Phi) is 9.79. The molecule has 1 aliphatic rings. The molecule has 0 spiro atoms. The van der Waals surface area contributed by atoms with Crippen molar-refractivity contribution < 1.29 is 18.7 Å². The lowest BCUT2D eigenvalue weighted by Crippen LogP contribution is -2.53. The van der Waals surface area contributed by atoms with Crippen LogP contribution in [0.2, 0.25) is 0 Å². The Hall–Kier alpha value is -2.26. The van der Waals surface area contributed by atoms with Gasteiger partial charge in [0.15, 0.2) is 5.11 Å². The maximum atomic E-state index is 12.9. The van der Waals surface area contributed by atoms with Crippen LogP contribution >= 0.6 is 12.2 Å². The predicted molar refractivity (Wildman–Crippen MR) is 114 cm³/mol. The number of nitrogens with one attached hydrogen (secondary N) is 2. The molecule has 1 amide bonds. The lowest BCUT2D eigenvalue weighted by molar-refractivity contribution is -0.140. The molecule has 1 aromatic rings. The van der Waals surface area contributed by atoms with Crippen LogP contribution in [0, 0.1) is 5.82 Å². The van der Waals surface area contributed by atoms with Gasteiger partial charge in [-0.3, -0.25) is 14.5 Å². The van der Waals surface area contributed by atoms with Crippen molar-refractivity contribution in [1.29, 1.82) is 0 Å². The average molecular weight is 425 g/mol. The Morgan fingerprint density at radius 2 is 1.79 bits per heavy atom. The number of thiocarbonyl (C=S) groups is 1. The zero-order valence-electron chi connectivity index (χ0n) is 16.8. The minimum absolute atomic E-state index is 0.113. The van der Waals surface area contributed by atoms with E-state index >= 15 is 0 Å². The van der Waals surface area contributed by atoms with Crippen molar-refractivity contribution in [3.63, 3.8) is 0 Å². The molecule has 1 aromatic carbocycles. The number of benzene rings is 1. The van der Waals surface area contributed by atoms with Crippen LogP contribution in [-0.2, 0) is 14.3 Å². The first-order valence-electron chi connectivity index (χ1n) is 9.85. The third-order valence-corrected chi connectivity index (χ3v) is 5.12. The number of carbonyl (C=O) groups is 2. The highest BCUT2D eigenvalue weighted by Crippen LogP contribution is 2.09. The lowest BCUT2D eigenvalue weighted by Gasteiger charge is -2.35. The smallest absolute Gasteiger partial charge is 0.305 e. The first kappa shape index (κ1) is 23.0. The lowest BCUT2D eigenvalue weighted by atomic mass is 10.2. The second kappa shape index (κ2) is 12.3. The summed E-state index contributed by atoms with van der Waals surface area (Å²) in [5.74, 6) is -0.611. The number of ether oxygens (including phenoxy) is 1. The highest BCUT2D eigenvalue weighted by molar-refractivity contribution is 7.80. The van der Waals surface area contributed by atoms with Crippen molar-refractivity contribution in [2.75, 3.05) is 51.7 Å². The molecule has 0 saturated carbocycles. The molecule has 0 bridgehead atoms. The molecular formula is C20H29FN4O3S. The summed E-state index contributed by atoms with van der Waals surface area (Å²) in [5.41, 5.74) is 0.590. The molecule has 0 aliphatic carbocycles. The molecule has 2 rings (SSSR count). The molecule has 2 N–H and O–H groups in total. The van der Waals surface area contributed by atoms with Gasteiger partial charge in [0.1, 0.15) is 5.82 Å². The normalized spacial score (nSPS) is 14.3. The molecular weight excluding hydrogens is 395 g/mol. The second-order valence-corrected chi connectivity index (χ2v) is 7.32. The fourth-order valence-corrected chi connectivity index (χ4v) is 3.31. The number of nitrogens with zero attached hydrogens (tertiary/aromatic N) is 2. The Labute approximate surface area is 176 Å². The number of carbonyl (C=O) groups excluding carboxylic acids is 2. The van der Waals surface area contributed by atoms with Crippen LogP contribution in [-0.4, -0.2) is 73.2 Å². The molecule has 0 radical (unpaired) electrons. The minimum Gasteiger partial charge on any atom is -0.469 e. The monoisotopic (exact) mass is 424 g/mol. The molecule has 0 aromatic heterocycles. The number of amides is 1. The first-order chi connectivity index (χ1) is 14.0. The van der Waals surface area contributed by atoms with E-state index in [1.807, 2.05) is 0 Å². The van der Waals surface area contributed by atoms with Gasteiger partial charge in [0.25, 0.3) is 0 Å². The standard InChI is InChI=1S/C20H29FN4O3S/c1-28-19(27)5-3-2-4-10-22-20(29)25-13-11-24(12-14-25)15-18(26)23-17-8-6-16(21)7-9-17/h6-9H,2-5,10-15H2,1H3,(H,22,29)(H,23,26). The largest absolute Gasteiger partial charge is 0.469 e. The summed E-state index contributed by atoms with van der Waals surface area (Å²) in [6.07, 6.45) is 3.17. The summed E-state index contributed by atoms with van der Waals surface area (Å²) in [7, 11) is 1.40. The number of methoxy groups -OCH3 is 1. The Bertz CT molecular complexity index is 679. The number of hydrogen-bond donors (Lipinski definition) is 2. The van der Waals surface area contributed by atoms with Gasteiger partial charge in [-0.05, 0) is 49.3 Å². The molecule has 7 nitrogen and oxygen atoms in total. The molecule has 1 fully saturated rings. The van der Waals surface area contributed by atoms with Gasteiger partial charge in [-0.1, -0.05) is 6.42 Å². The van der Waals surface area contributed by atoms with E-state index in [-0.39, 0.29) is 17.7 Å². The second-order valence-electron chi connectivity index (χ2n) is 6.94. The van der Waals surface area contributed by atoms with Gasteiger partial charge in [0.2, 0.25) is 5.91 Å². The van der Waals surface area contributed by atoms with Crippen molar-refractivity contribution in [3.8, 4) is 0 Å². The summed E-state index contributed by atoms with van der Waals surface area (Å²) >= 11 is 5.45. The number of unbranched alkanes of at least 4 members (excludes halogenated alkanes) is 2. The maximum absolute atomic E-state index is 12.9. The van der Waals surface area contributed by atoms with Crippen molar-refractivity contribution in [1.82, 2.24) is 15.1 Å². The Morgan fingerprint density at radius 3 is 2.45 bits per heavy atom. The van der Waals surface area contributed by atoms with Gasteiger partial charge in [-0.2, -0.15) is 0 Å². The van der Waals surface area contributed by atoms with E-state index in [2.05, 4.69) is 25.2 Å². The summed E-state index contributed by atoms with van der Waals surface area (Å²) in [4.78, 5) is 27.4. The number of piperazine rings is 1. The molecule has 0 atom stereocenters. The van der Waals surface area contributed by atoms with E-state index in [1.165, 1.54) is 19.2 Å². The van der Waals surface area contributed by atoms with Crippen LogP contribution in [0.3, 0.4) is 0 Å². The zero-order valence-corrected chi connectivity index (χ0v) is 17.6. The number of esters is 1. The maximum Gasteiger partial charge on any atom is 0.305 e. The van der Waals surface area contributed by atoms with E-state index in [9.17, 15) is 14.0 Å². The van der Waals surface area contributed by atoms with Crippen molar-refractivity contribution in [3.05, 3.63) is 30.1 Å². The molecule has 1 heterocycles. The summed E-state index contributed by atoms with van der Waals surface area (Å²) in [6, 6.07) is 5.73. The third kappa shape index (κ3) is 8.74. The Morgan fingerprint density at radius 1 is 1.10 bits per heavy atom. The summed E-state index contributed by atoms with van der Waals surface area (Å²) < 4.78 is 17.5. The average Bonchev–Trinajstić information content (AvgIpc) is 2.72. The van der Waals surface area contributed by atoms with Gasteiger partial charge >= 0.3 is 5.97 Å². The summed E-state index contributed by atoms with van der Waals surface area (Å²) in [6.45, 7) is 4.09. The van der Waals surface area contributed by atoms with Crippen molar-refractivity contribution in [2.24, 2.45) is 0 Å². The van der Waals surface area contributed by atoms with E-state index < -0.39 is 0 Å². The van der Waals surface area contributed by atoms with Crippen molar-refractivity contribution >= 4 is 34.9 Å². The van der Waals surface area contributed by atoms with Crippen LogP contribution in [0.25, 0.3) is 0 Å². The highest BCUT2D eigenvalue weighted by Gasteiger charge is 2.20. The zero-order chi connectivity index (χ0) is 21.1. The Balaban J connectivity index is 1.58. The molecule has 1 saturated heterocycles. The van der Waals surface area contributed by atoms with E-state index in [1.54, 1.807) is 12.1 Å². The first-order valence-corrected chi connectivity index (χ1v) is 10.3.